The molecule has 0 saturated heterocycles. The van der Waals surface area contributed by atoms with E-state index in [9.17, 15) is 8.78 Å². The van der Waals surface area contributed by atoms with Crippen molar-refractivity contribution in [1.29, 1.82) is 0 Å². The Morgan fingerprint density at radius 2 is 1.06 bits per heavy atom. The maximum Gasteiger partial charge on any atom is 0.189 e. The summed E-state index contributed by atoms with van der Waals surface area (Å²) in [6, 6.07) is 20.2. The van der Waals surface area contributed by atoms with E-state index in [1.165, 1.54) is 6.07 Å². The summed E-state index contributed by atoms with van der Waals surface area (Å²) in [5.41, 5.74) is 1.04. The standard InChI is InChI=1S/C26H14F4N4/c27-21-19-12-17-9-7-15(32-17)10-14-6-8-16(31-14)11-18-20(13-4-2-1-3-5-13)22(28)25(33-18)24(30)26(34-19)23(21)29/h1-12,31-32H. The molecule has 8 bridgehead atoms. The van der Waals surface area contributed by atoms with Gasteiger partial charge in [0.15, 0.2) is 23.3 Å². The molecular formula is C26H14F4N4. The topological polar surface area (TPSA) is 57.4 Å². The Labute approximate surface area is 190 Å². The molecule has 0 atom stereocenters. The third-order valence-electron chi connectivity index (χ3n) is 5.61. The lowest BCUT2D eigenvalue weighted by atomic mass is 10.0. The minimum atomic E-state index is -1.51. The van der Waals surface area contributed by atoms with Crippen molar-refractivity contribution in [3.63, 3.8) is 0 Å². The van der Waals surface area contributed by atoms with Crippen LogP contribution in [0.4, 0.5) is 17.6 Å². The first-order chi connectivity index (χ1) is 16.5. The van der Waals surface area contributed by atoms with Gasteiger partial charge in [-0.2, -0.15) is 0 Å². The van der Waals surface area contributed by atoms with E-state index < -0.39 is 40.4 Å². The summed E-state index contributed by atoms with van der Waals surface area (Å²) in [7, 11) is 0. The number of hydrogen-bond donors (Lipinski definition) is 2. The number of aromatic amines is 2. The van der Waals surface area contributed by atoms with Crippen LogP contribution in [0.2, 0.25) is 0 Å². The van der Waals surface area contributed by atoms with Crippen molar-refractivity contribution in [3.05, 3.63) is 107 Å². The quantitative estimate of drug-likeness (QED) is 0.299. The molecule has 1 aromatic carbocycles. The molecule has 4 aromatic rings. The molecule has 4 nitrogen and oxygen atoms in total. The van der Waals surface area contributed by atoms with Gasteiger partial charge in [0.05, 0.1) is 5.69 Å². The van der Waals surface area contributed by atoms with Crippen molar-refractivity contribution >= 4 is 45.1 Å². The highest BCUT2D eigenvalue weighted by atomic mass is 19.2. The molecule has 0 saturated carbocycles. The number of halogens is 4. The fraction of sp³-hybridized carbons (Fsp3) is 0. The van der Waals surface area contributed by atoms with Gasteiger partial charge in [-0.15, -0.1) is 0 Å². The van der Waals surface area contributed by atoms with Crippen LogP contribution >= 0.6 is 0 Å². The molecule has 5 heterocycles. The highest BCUT2D eigenvalue weighted by molar-refractivity contribution is 5.98. The fourth-order valence-electron chi connectivity index (χ4n) is 4.03. The van der Waals surface area contributed by atoms with E-state index in [0.717, 1.165) is 5.52 Å². The first-order valence-corrected chi connectivity index (χ1v) is 10.4. The molecule has 3 aromatic heterocycles. The van der Waals surface area contributed by atoms with E-state index >= 15 is 8.78 Å². The van der Waals surface area contributed by atoms with E-state index in [2.05, 4.69) is 19.9 Å². The Morgan fingerprint density at radius 3 is 1.71 bits per heavy atom. The Balaban J connectivity index is 1.76. The average molecular weight is 458 g/mol. The molecule has 8 heteroatoms. The molecule has 2 aliphatic heterocycles. The van der Waals surface area contributed by atoms with Gasteiger partial charge in [0.2, 0.25) is 0 Å². The van der Waals surface area contributed by atoms with Gasteiger partial charge in [-0.1, -0.05) is 30.3 Å². The number of nitrogens with one attached hydrogen (secondary N) is 2. The number of nitrogens with zero attached hydrogens (tertiary/aromatic N) is 2. The molecule has 34 heavy (non-hydrogen) atoms. The van der Waals surface area contributed by atoms with Crippen molar-refractivity contribution < 1.29 is 17.6 Å². The summed E-state index contributed by atoms with van der Waals surface area (Å²) >= 11 is 0. The van der Waals surface area contributed by atoms with Crippen LogP contribution < -0.4 is 0 Å². The summed E-state index contributed by atoms with van der Waals surface area (Å²) in [6.45, 7) is 0. The number of rotatable bonds is 1. The van der Waals surface area contributed by atoms with E-state index in [4.69, 9.17) is 0 Å². The van der Waals surface area contributed by atoms with Crippen molar-refractivity contribution in [1.82, 2.24) is 19.9 Å². The third kappa shape index (κ3) is 3.23. The second-order valence-electron chi connectivity index (χ2n) is 7.86. The van der Waals surface area contributed by atoms with E-state index in [1.54, 1.807) is 54.6 Å². The number of benzene rings is 1. The molecule has 166 valence electrons. The lowest BCUT2D eigenvalue weighted by Crippen LogP contribution is -1.91. The highest BCUT2D eigenvalue weighted by Gasteiger charge is 2.30. The van der Waals surface area contributed by atoms with Crippen LogP contribution in [0.15, 0.2) is 72.8 Å². The van der Waals surface area contributed by atoms with Gasteiger partial charge in [0.1, 0.15) is 17.1 Å². The summed E-state index contributed by atoms with van der Waals surface area (Å²) in [4.78, 5) is 14.1. The Hall–Kier alpha value is -4.46. The molecule has 0 radical (unpaired) electrons. The third-order valence-corrected chi connectivity index (χ3v) is 5.61. The maximum atomic E-state index is 15.6. The summed E-state index contributed by atoms with van der Waals surface area (Å²) in [5, 5.41) is 0. The minimum absolute atomic E-state index is 0.0444. The molecule has 6 rings (SSSR count). The monoisotopic (exact) mass is 458 g/mol. The summed E-state index contributed by atoms with van der Waals surface area (Å²) in [5.74, 6) is -5.20. The SMILES string of the molecule is FC1=C(F)c2nc1cc1ccc(cc3ccc(cc4nc(c2F)C(F)=C4c2ccccc2)[nH]3)[nH]1. The summed E-state index contributed by atoms with van der Waals surface area (Å²) in [6.07, 6.45) is 0. The average Bonchev–Trinajstić information content (AvgIpc) is 3.59. The Kier molecular flexibility index (Phi) is 4.48. The van der Waals surface area contributed by atoms with Gasteiger partial charge in [0.25, 0.3) is 0 Å². The molecule has 0 spiro atoms. The van der Waals surface area contributed by atoms with Crippen LogP contribution in [-0.4, -0.2) is 19.9 Å². The van der Waals surface area contributed by atoms with Crippen molar-refractivity contribution in [2.75, 3.05) is 0 Å². The van der Waals surface area contributed by atoms with E-state index in [-0.39, 0.29) is 11.3 Å². The molecule has 0 unspecified atom stereocenters. The number of hydrogen-bond acceptors (Lipinski definition) is 2. The maximum absolute atomic E-state index is 15.6. The smallest absolute Gasteiger partial charge is 0.189 e. The minimum Gasteiger partial charge on any atom is -0.355 e. The fourth-order valence-corrected chi connectivity index (χ4v) is 4.03. The molecule has 0 aliphatic carbocycles. The van der Waals surface area contributed by atoms with E-state index in [0.29, 0.717) is 22.1 Å². The largest absolute Gasteiger partial charge is 0.355 e. The molecule has 2 N–H and O–H groups in total. The van der Waals surface area contributed by atoms with Gasteiger partial charge < -0.3 is 9.97 Å². The molecular weight excluding hydrogens is 444 g/mol. The summed E-state index contributed by atoms with van der Waals surface area (Å²) < 4.78 is 60.2. The second kappa shape index (κ2) is 7.55. The Bertz CT molecular complexity index is 1690. The number of aromatic nitrogens is 4. The number of fused-ring (bicyclic) bond motifs is 8. The molecule has 0 fully saturated rings. The zero-order valence-electron chi connectivity index (χ0n) is 17.3. The highest BCUT2D eigenvalue weighted by Crippen LogP contribution is 2.40. The van der Waals surface area contributed by atoms with Crippen molar-refractivity contribution in [2.45, 2.75) is 0 Å². The van der Waals surface area contributed by atoms with Gasteiger partial charge in [-0.05, 0) is 48.0 Å². The van der Waals surface area contributed by atoms with Gasteiger partial charge in [-0.25, -0.2) is 27.5 Å². The van der Waals surface area contributed by atoms with Gasteiger partial charge >= 0.3 is 0 Å². The second-order valence-corrected chi connectivity index (χ2v) is 7.86. The predicted molar refractivity (Wildman–Crippen MR) is 123 cm³/mol. The van der Waals surface area contributed by atoms with Gasteiger partial charge in [0, 0.05) is 27.6 Å². The van der Waals surface area contributed by atoms with Crippen LogP contribution in [0.25, 0.3) is 45.1 Å². The zero-order valence-corrected chi connectivity index (χ0v) is 17.3. The first kappa shape index (κ1) is 20.2. The van der Waals surface area contributed by atoms with Crippen LogP contribution in [-0.2, 0) is 0 Å². The zero-order chi connectivity index (χ0) is 23.4. The molecule has 2 aliphatic rings. The molecule has 0 amide bonds. The van der Waals surface area contributed by atoms with Crippen molar-refractivity contribution in [2.24, 2.45) is 0 Å². The van der Waals surface area contributed by atoms with Crippen LogP contribution in [0.1, 0.15) is 28.3 Å². The normalized spacial score (nSPS) is 13.6. The lowest BCUT2D eigenvalue weighted by Gasteiger charge is -2.02. The van der Waals surface area contributed by atoms with Crippen LogP contribution in [0.3, 0.4) is 0 Å². The lowest BCUT2D eigenvalue weighted by molar-refractivity contribution is 0.593. The van der Waals surface area contributed by atoms with E-state index in [1.807, 2.05) is 12.1 Å². The van der Waals surface area contributed by atoms with Crippen LogP contribution in [0.5, 0.6) is 0 Å². The predicted octanol–water partition coefficient (Wildman–Crippen LogP) is 7.10. The van der Waals surface area contributed by atoms with Crippen LogP contribution in [0, 0.1) is 5.82 Å². The van der Waals surface area contributed by atoms with Crippen molar-refractivity contribution in [3.8, 4) is 0 Å². The Morgan fingerprint density at radius 1 is 0.529 bits per heavy atom. The van der Waals surface area contributed by atoms with Gasteiger partial charge in [-0.3, -0.25) is 0 Å². The number of H-pyrrole nitrogens is 2. The first-order valence-electron chi connectivity index (χ1n) is 10.4.